The van der Waals surface area contributed by atoms with E-state index in [0.29, 0.717) is 6.04 Å². The molecule has 2 nitrogen and oxygen atoms in total. The largest absolute Gasteiger partial charge is 0.357 e. The van der Waals surface area contributed by atoms with Crippen LogP contribution in [0.4, 0.5) is 0 Å². The molecule has 21 heavy (non-hydrogen) atoms. The number of H-pyrrole nitrogens is 1. The molecular weight excluding hydrogens is 276 g/mol. The van der Waals surface area contributed by atoms with Crippen LogP contribution >= 0.6 is 11.3 Å². The zero-order chi connectivity index (χ0) is 14.2. The molecule has 1 aliphatic carbocycles. The highest BCUT2D eigenvalue weighted by atomic mass is 32.1. The minimum Gasteiger partial charge on any atom is -0.357 e. The second kappa shape index (κ2) is 5.32. The number of hydrogen-bond acceptors (Lipinski definition) is 2. The first-order valence-corrected chi connectivity index (χ1v) is 8.51. The summed E-state index contributed by atoms with van der Waals surface area (Å²) in [6.45, 7) is 3.14. The molecule has 0 saturated carbocycles. The van der Waals surface area contributed by atoms with Gasteiger partial charge in [-0.25, -0.2) is 0 Å². The molecule has 1 atom stereocenters. The number of aromatic nitrogens is 1. The summed E-state index contributed by atoms with van der Waals surface area (Å²) in [6.07, 6.45) is 3.70. The molecule has 2 aromatic heterocycles. The van der Waals surface area contributed by atoms with Gasteiger partial charge in [-0.05, 0) is 49.9 Å². The third-order valence-corrected chi connectivity index (χ3v) is 5.43. The molecule has 0 spiro atoms. The standard InChI is InChI=1S/C18H20N2S/c1-12-9-10-13(21-12)11-19-17-8-4-6-15-14-5-2-3-7-16(14)20-18(15)17/h2-3,5,7,9-10,17,19-20H,4,6,8,11H2,1H3. The summed E-state index contributed by atoms with van der Waals surface area (Å²) in [5.41, 5.74) is 4.22. The molecule has 1 unspecified atom stereocenters. The third kappa shape index (κ3) is 2.41. The van der Waals surface area contributed by atoms with Crippen molar-refractivity contribution < 1.29 is 0 Å². The van der Waals surface area contributed by atoms with Gasteiger partial charge in [0.05, 0.1) is 0 Å². The Morgan fingerprint density at radius 3 is 3.00 bits per heavy atom. The molecule has 0 amide bonds. The van der Waals surface area contributed by atoms with Gasteiger partial charge in [0, 0.05) is 38.9 Å². The van der Waals surface area contributed by atoms with Crippen molar-refractivity contribution in [3.63, 3.8) is 0 Å². The number of aromatic amines is 1. The molecule has 0 bridgehead atoms. The second-order valence-electron chi connectivity index (χ2n) is 5.90. The van der Waals surface area contributed by atoms with E-state index in [1.165, 1.54) is 51.2 Å². The van der Waals surface area contributed by atoms with E-state index >= 15 is 0 Å². The maximum absolute atomic E-state index is 3.75. The van der Waals surface area contributed by atoms with Crippen molar-refractivity contribution in [3.05, 3.63) is 57.4 Å². The van der Waals surface area contributed by atoms with Crippen LogP contribution in [0.1, 0.15) is 39.9 Å². The first-order chi connectivity index (χ1) is 10.3. The predicted octanol–water partition coefficient (Wildman–Crippen LogP) is 4.71. The van der Waals surface area contributed by atoms with Gasteiger partial charge in [0.1, 0.15) is 0 Å². The van der Waals surface area contributed by atoms with Crippen molar-refractivity contribution in [3.8, 4) is 0 Å². The summed E-state index contributed by atoms with van der Waals surface area (Å²) >= 11 is 1.89. The van der Waals surface area contributed by atoms with Crippen LogP contribution < -0.4 is 5.32 Å². The maximum Gasteiger partial charge on any atom is 0.0479 e. The summed E-state index contributed by atoms with van der Waals surface area (Å²) in [5.74, 6) is 0. The zero-order valence-electron chi connectivity index (χ0n) is 12.3. The maximum atomic E-state index is 3.75. The topological polar surface area (TPSA) is 27.8 Å². The Morgan fingerprint density at radius 1 is 1.24 bits per heavy atom. The highest BCUT2D eigenvalue weighted by Crippen LogP contribution is 2.34. The van der Waals surface area contributed by atoms with E-state index in [1.807, 2.05) is 11.3 Å². The van der Waals surface area contributed by atoms with E-state index in [0.717, 1.165) is 6.54 Å². The quantitative estimate of drug-likeness (QED) is 0.720. The number of thiophene rings is 1. The number of fused-ring (bicyclic) bond motifs is 3. The number of benzene rings is 1. The number of nitrogens with one attached hydrogen (secondary N) is 2. The summed E-state index contributed by atoms with van der Waals surface area (Å²) in [5, 5.41) is 5.16. The van der Waals surface area contributed by atoms with Gasteiger partial charge < -0.3 is 10.3 Å². The molecule has 3 aromatic rings. The van der Waals surface area contributed by atoms with Gasteiger partial charge in [0.2, 0.25) is 0 Å². The van der Waals surface area contributed by atoms with Gasteiger partial charge in [-0.1, -0.05) is 18.2 Å². The Morgan fingerprint density at radius 2 is 2.14 bits per heavy atom. The fourth-order valence-electron chi connectivity index (χ4n) is 3.42. The van der Waals surface area contributed by atoms with Crippen LogP contribution in [0.3, 0.4) is 0 Å². The van der Waals surface area contributed by atoms with E-state index in [2.05, 4.69) is 53.6 Å². The van der Waals surface area contributed by atoms with E-state index in [4.69, 9.17) is 0 Å². The van der Waals surface area contributed by atoms with Gasteiger partial charge in [0.15, 0.2) is 0 Å². The lowest BCUT2D eigenvalue weighted by molar-refractivity contribution is 0.454. The monoisotopic (exact) mass is 296 g/mol. The number of aryl methyl sites for hydroxylation is 2. The molecule has 0 saturated heterocycles. The highest BCUT2D eigenvalue weighted by molar-refractivity contribution is 7.11. The summed E-state index contributed by atoms with van der Waals surface area (Å²) in [4.78, 5) is 6.47. The first-order valence-electron chi connectivity index (χ1n) is 7.69. The van der Waals surface area contributed by atoms with Gasteiger partial charge in [0.25, 0.3) is 0 Å². The molecule has 3 heteroatoms. The zero-order valence-corrected chi connectivity index (χ0v) is 13.1. The normalized spacial score (nSPS) is 18.0. The van der Waals surface area contributed by atoms with Crippen LogP contribution in [0.15, 0.2) is 36.4 Å². The molecule has 0 fully saturated rings. The van der Waals surface area contributed by atoms with Crippen molar-refractivity contribution >= 4 is 22.2 Å². The van der Waals surface area contributed by atoms with E-state index < -0.39 is 0 Å². The lowest BCUT2D eigenvalue weighted by Crippen LogP contribution is -2.24. The minimum absolute atomic E-state index is 0.462. The predicted molar refractivity (Wildman–Crippen MR) is 89.9 cm³/mol. The molecule has 2 heterocycles. The Balaban J connectivity index is 1.61. The summed E-state index contributed by atoms with van der Waals surface area (Å²) < 4.78 is 0. The van der Waals surface area contributed by atoms with Crippen molar-refractivity contribution in [1.82, 2.24) is 10.3 Å². The van der Waals surface area contributed by atoms with Crippen molar-refractivity contribution in [2.24, 2.45) is 0 Å². The summed E-state index contributed by atoms with van der Waals surface area (Å²) in [6, 6.07) is 13.6. The lowest BCUT2D eigenvalue weighted by atomic mass is 9.91. The third-order valence-electron chi connectivity index (χ3n) is 4.43. The summed E-state index contributed by atoms with van der Waals surface area (Å²) in [7, 11) is 0. The van der Waals surface area contributed by atoms with Crippen LogP contribution in [0.25, 0.3) is 10.9 Å². The van der Waals surface area contributed by atoms with Crippen LogP contribution in [0.5, 0.6) is 0 Å². The second-order valence-corrected chi connectivity index (χ2v) is 7.27. The molecular formula is C18H20N2S. The SMILES string of the molecule is Cc1ccc(CNC2CCCc3c2[nH]c2ccccc32)s1. The average molecular weight is 296 g/mol. The van der Waals surface area contributed by atoms with E-state index in [-0.39, 0.29) is 0 Å². The highest BCUT2D eigenvalue weighted by Gasteiger charge is 2.23. The van der Waals surface area contributed by atoms with E-state index in [9.17, 15) is 0 Å². The minimum atomic E-state index is 0.462. The molecule has 2 N–H and O–H groups in total. The van der Waals surface area contributed by atoms with Crippen molar-refractivity contribution in [2.75, 3.05) is 0 Å². The van der Waals surface area contributed by atoms with E-state index in [1.54, 1.807) is 0 Å². The number of rotatable bonds is 3. The molecule has 1 aromatic carbocycles. The smallest absolute Gasteiger partial charge is 0.0479 e. The Kier molecular flexibility index (Phi) is 3.32. The fourth-order valence-corrected chi connectivity index (χ4v) is 4.26. The van der Waals surface area contributed by atoms with Gasteiger partial charge in [-0.2, -0.15) is 0 Å². The molecule has 1 aliphatic rings. The van der Waals surface area contributed by atoms with Crippen LogP contribution in [0, 0.1) is 6.92 Å². The molecule has 0 radical (unpaired) electrons. The van der Waals surface area contributed by atoms with Crippen LogP contribution in [-0.4, -0.2) is 4.98 Å². The average Bonchev–Trinajstić information content (AvgIpc) is 3.09. The molecule has 4 rings (SSSR count). The Labute approximate surface area is 129 Å². The number of hydrogen-bond donors (Lipinski definition) is 2. The van der Waals surface area contributed by atoms with Crippen LogP contribution in [-0.2, 0) is 13.0 Å². The Bertz CT molecular complexity index is 768. The fraction of sp³-hybridized carbons (Fsp3) is 0.333. The van der Waals surface area contributed by atoms with Crippen molar-refractivity contribution in [1.29, 1.82) is 0 Å². The lowest BCUT2D eigenvalue weighted by Gasteiger charge is -2.23. The molecule has 0 aliphatic heterocycles. The first kappa shape index (κ1) is 13.1. The number of para-hydroxylation sites is 1. The van der Waals surface area contributed by atoms with Gasteiger partial charge in [-0.15, -0.1) is 11.3 Å². The Hall–Kier alpha value is -1.58. The van der Waals surface area contributed by atoms with Gasteiger partial charge in [-0.3, -0.25) is 0 Å². The van der Waals surface area contributed by atoms with Crippen LogP contribution in [0.2, 0.25) is 0 Å². The van der Waals surface area contributed by atoms with Crippen molar-refractivity contribution in [2.45, 2.75) is 38.8 Å². The van der Waals surface area contributed by atoms with Gasteiger partial charge >= 0.3 is 0 Å². The molecule has 108 valence electrons.